The van der Waals surface area contributed by atoms with Crippen LogP contribution in [-0.2, 0) is 0 Å². The zero-order chi connectivity index (χ0) is 20.5. The number of halogens is 4. The third kappa shape index (κ3) is 3.94. The summed E-state index contributed by atoms with van der Waals surface area (Å²) in [5.74, 6) is 0.498. The van der Waals surface area contributed by atoms with Gasteiger partial charge < -0.3 is 10.4 Å². The summed E-state index contributed by atoms with van der Waals surface area (Å²) in [5, 5.41) is 16.5. The molecule has 0 spiro atoms. The van der Waals surface area contributed by atoms with E-state index in [0.717, 1.165) is 5.39 Å². The van der Waals surface area contributed by atoms with Crippen LogP contribution >= 0.6 is 46.4 Å². The summed E-state index contributed by atoms with van der Waals surface area (Å²) in [7, 11) is 0. The Labute approximate surface area is 187 Å². The molecule has 1 atom stereocenters. The van der Waals surface area contributed by atoms with Gasteiger partial charge in [-0.15, -0.1) is 0 Å². The van der Waals surface area contributed by atoms with Crippen LogP contribution in [0.1, 0.15) is 17.2 Å². The molecular weight excluding hydrogens is 452 g/mol. The number of phenolic OH excluding ortho intramolecular Hbond substituents is 1. The van der Waals surface area contributed by atoms with Gasteiger partial charge in [0.05, 0.1) is 26.1 Å². The summed E-state index contributed by atoms with van der Waals surface area (Å²) in [6.45, 7) is 0. The van der Waals surface area contributed by atoms with Gasteiger partial charge in [-0.05, 0) is 17.7 Å². The van der Waals surface area contributed by atoms with Crippen LogP contribution in [0.2, 0.25) is 20.1 Å². The van der Waals surface area contributed by atoms with Crippen LogP contribution in [0.3, 0.4) is 0 Å². The quantitative estimate of drug-likeness (QED) is 0.336. The number of anilines is 1. The Morgan fingerprint density at radius 3 is 2.45 bits per heavy atom. The highest BCUT2D eigenvalue weighted by Crippen LogP contribution is 2.40. The van der Waals surface area contributed by atoms with Gasteiger partial charge in [0.15, 0.2) is 0 Å². The first-order chi connectivity index (χ1) is 14.0. The maximum atomic E-state index is 11.0. The van der Waals surface area contributed by atoms with Crippen LogP contribution in [0.5, 0.6) is 5.75 Å². The second-order valence-corrected chi connectivity index (χ2v) is 7.88. The van der Waals surface area contributed by atoms with Crippen LogP contribution in [0.25, 0.3) is 10.9 Å². The summed E-state index contributed by atoms with van der Waals surface area (Å²) >= 11 is 24.9. The average molecular weight is 465 g/mol. The minimum atomic E-state index is -0.572. The number of nitrogens with zero attached hydrogens (tertiary/aromatic N) is 2. The van der Waals surface area contributed by atoms with E-state index >= 15 is 0 Å². The summed E-state index contributed by atoms with van der Waals surface area (Å²) in [6, 6.07) is 13.7. The number of hydrogen-bond acceptors (Lipinski definition) is 4. The number of rotatable bonds is 4. The molecule has 2 aromatic heterocycles. The molecule has 146 valence electrons. The minimum Gasteiger partial charge on any atom is -0.505 e. The van der Waals surface area contributed by atoms with E-state index < -0.39 is 6.04 Å². The highest BCUT2D eigenvalue weighted by atomic mass is 35.5. The molecule has 0 aliphatic carbocycles. The molecule has 0 radical (unpaired) electrons. The molecule has 0 aliphatic heterocycles. The fourth-order valence-electron chi connectivity index (χ4n) is 3.09. The molecule has 0 bridgehead atoms. The highest BCUT2D eigenvalue weighted by Gasteiger charge is 2.23. The molecule has 4 rings (SSSR count). The van der Waals surface area contributed by atoms with Crippen molar-refractivity contribution in [2.45, 2.75) is 6.04 Å². The zero-order valence-electron chi connectivity index (χ0n) is 14.7. The molecule has 0 fully saturated rings. The number of benzene rings is 2. The van der Waals surface area contributed by atoms with E-state index in [9.17, 15) is 5.11 Å². The van der Waals surface area contributed by atoms with Gasteiger partial charge in [0.25, 0.3) is 0 Å². The molecule has 29 heavy (non-hydrogen) atoms. The topological polar surface area (TPSA) is 58.0 Å². The van der Waals surface area contributed by atoms with E-state index in [-0.39, 0.29) is 5.75 Å². The first kappa shape index (κ1) is 20.0. The number of nitrogens with one attached hydrogen (secondary N) is 1. The van der Waals surface area contributed by atoms with Crippen molar-refractivity contribution >= 4 is 63.1 Å². The van der Waals surface area contributed by atoms with Crippen molar-refractivity contribution in [3.8, 4) is 5.75 Å². The lowest BCUT2D eigenvalue weighted by Crippen LogP contribution is -2.14. The third-order valence-electron chi connectivity index (χ3n) is 4.48. The summed E-state index contributed by atoms with van der Waals surface area (Å²) in [5.41, 5.74) is 1.71. The van der Waals surface area contributed by atoms with Crippen molar-refractivity contribution in [1.29, 1.82) is 0 Å². The zero-order valence-corrected chi connectivity index (χ0v) is 17.7. The second-order valence-electron chi connectivity index (χ2n) is 6.28. The Hall–Kier alpha value is -2.24. The number of phenols is 1. The number of hydrogen-bond donors (Lipinski definition) is 2. The standard InChI is InChI=1S/C21H13Cl4N3O/c22-14-5-1-4-12(18(14)25)20(28-17-9-15(23)16(24)10-27-17)13-7-6-11-3-2-8-26-19(11)21(13)29/h1-10,20,29H,(H,27,28). The molecule has 0 saturated heterocycles. The maximum Gasteiger partial charge on any atom is 0.147 e. The fraction of sp³-hybridized carbons (Fsp3) is 0.0476. The molecule has 0 amide bonds. The van der Waals surface area contributed by atoms with Crippen molar-refractivity contribution < 1.29 is 5.11 Å². The lowest BCUT2D eigenvalue weighted by molar-refractivity contribution is 0.471. The summed E-state index contributed by atoms with van der Waals surface area (Å²) in [4.78, 5) is 8.57. The summed E-state index contributed by atoms with van der Waals surface area (Å²) in [6.07, 6.45) is 3.08. The molecule has 1 unspecified atom stereocenters. The van der Waals surface area contributed by atoms with E-state index in [4.69, 9.17) is 46.4 Å². The number of fused-ring (bicyclic) bond motifs is 1. The molecular formula is C21H13Cl4N3O. The molecule has 2 N–H and O–H groups in total. The molecule has 0 saturated carbocycles. The largest absolute Gasteiger partial charge is 0.505 e. The fourth-order valence-corrected chi connectivity index (χ4v) is 3.76. The van der Waals surface area contributed by atoms with E-state index in [1.54, 1.807) is 24.4 Å². The number of pyridine rings is 2. The van der Waals surface area contributed by atoms with E-state index in [0.29, 0.717) is 42.6 Å². The Bertz CT molecular complexity index is 1220. The van der Waals surface area contributed by atoms with Crippen molar-refractivity contribution in [1.82, 2.24) is 9.97 Å². The third-order valence-corrected chi connectivity index (χ3v) is 6.03. The van der Waals surface area contributed by atoms with Gasteiger partial charge in [-0.2, -0.15) is 0 Å². The lowest BCUT2D eigenvalue weighted by atomic mass is 9.96. The first-order valence-electron chi connectivity index (χ1n) is 8.54. The van der Waals surface area contributed by atoms with Crippen LogP contribution in [0.4, 0.5) is 5.82 Å². The highest BCUT2D eigenvalue weighted by molar-refractivity contribution is 6.42. The van der Waals surface area contributed by atoms with E-state index in [1.807, 2.05) is 30.3 Å². The second kappa shape index (κ2) is 8.25. The minimum absolute atomic E-state index is 0.0386. The van der Waals surface area contributed by atoms with Crippen LogP contribution in [-0.4, -0.2) is 15.1 Å². The monoisotopic (exact) mass is 463 g/mol. The van der Waals surface area contributed by atoms with Crippen molar-refractivity contribution in [3.63, 3.8) is 0 Å². The van der Waals surface area contributed by atoms with Crippen LogP contribution in [0, 0.1) is 0 Å². The Morgan fingerprint density at radius 1 is 0.828 bits per heavy atom. The van der Waals surface area contributed by atoms with Gasteiger partial charge in [-0.25, -0.2) is 4.98 Å². The Morgan fingerprint density at radius 2 is 1.66 bits per heavy atom. The van der Waals surface area contributed by atoms with E-state index in [1.165, 1.54) is 6.20 Å². The summed E-state index contributed by atoms with van der Waals surface area (Å²) < 4.78 is 0. The van der Waals surface area contributed by atoms with Gasteiger partial charge >= 0.3 is 0 Å². The lowest BCUT2D eigenvalue weighted by Gasteiger charge is -2.23. The molecule has 0 aliphatic rings. The normalized spacial score (nSPS) is 12.1. The van der Waals surface area contributed by atoms with Crippen molar-refractivity contribution in [2.75, 3.05) is 5.32 Å². The van der Waals surface area contributed by atoms with Crippen LogP contribution < -0.4 is 5.32 Å². The molecule has 2 aromatic carbocycles. The van der Waals surface area contributed by atoms with Gasteiger partial charge in [-0.3, -0.25) is 4.98 Å². The predicted octanol–water partition coefficient (Wildman–Crippen LogP) is 7.15. The Kier molecular flexibility index (Phi) is 5.70. The first-order valence-corrected chi connectivity index (χ1v) is 10.0. The Balaban J connectivity index is 1.89. The van der Waals surface area contributed by atoms with Crippen molar-refractivity contribution in [3.05, 3.63) is 92.1 Å². The number of aromatic nitrogens is 2. The smallest absolute Gasteiger partial charge is 0.147 e. The van der Waals surface area contributed by atoms with Crippen LogP contribution in [0.15, 0.2) is 60.9 Å². The molecule has 8 heteroatoms. The van der Waals surface area contributed by atoms with Gasteiger partial charge in [0.2, 0.25) is 0 Å². The van der Waals surface area contributed by atoms with E-state index in [2.05, 4.69) is 15.3 Å². The average Bonchev–Trinajstić information content (AvgIpc) is 2.72. The van der Waals surface area contributed by atoms with Gasteiger partial charge in [0, 0.05) is 29.4 Å². The number of aromatic hydroxyl groups is 1. The molecule has 4 aromatic rings. The van der Waals surface area contributed by atoms with Gasteiger partial charge in [-0.1, -0.05) is 76.7 Å². The maximum absolute atomic E-state index is 11.0. The molecule has 4 nitrogen and oxygen atoms in total. The van der Waals surface area contributed by atoms with Gasteiger partial charge in [0.1, 0.15) is 17.1 Å². The van der Waals surface area contributed by atoms with Crippen molar-refractivity contribution in [2.24, 2.45) is 0 Å². The molecule has 2 heterocycles. The predicted molar refractivity (Wildman–Crippen MR) is 120 cm³/mol. The SMILES string of the molecule is Oc1c(C(Nc2cc(Cl)c(Cl)cn2)c2cccc(Cl)c2Cl)ccc2cccnc12.